The van der Waals surface area contributed by atoms with E-state index in [9.17, 15) is 9.59 Å². The van der Waals surface area contributed by atoms with Gasteiger partial charge in [0.1, 0.15) is 0 Å². The van der Waals surface area contributed by atoms with Crippen molar-refractivity contribution in [3.05, 3.63) is 23.8 Å². The molecule has 0 spiro atoms. The summed E-state index contributed by atoms with van der Waals surface area (Å²) < 4.78 is 11.5. The standard InChI is InChI=1S/C22H32N2O4/c1-3-27-20-15-18(22(26)24-14-8-5-9-17(24)2)10-11-19(20)28-16-21(25)23-12-6-4-7-13-23/h10-11,15,17H,3-9,12-14,16H2,1-2H3. The van der Waals surface area contributed by atoms with Crippen molar-refractivity contribution in [2.24, 2.45) is 0 Å². The maximum absolute atomic E-state index is 12.9. The number of ether oxygens (including phenoxy) is 2. The number of hydrogen-bond donors (Lipinski definition) is 0. The predicted octanol–water partition coefficient (Wildman–Crippen LogP) is 3.49. The van der Waals surface area contributed by atoms with Crippen molar-refractivity contribution in [3.63, 3.8) is 0 Å². The molecule has 2 fully saturated rings. The first kappa shape index (κ1) is 20.5. The van der Waals surface area contributed by atoms with Crippen LogP contribution in [-0.2, 0) is 4.79 Å². The molecule has 2 saturated heterocycles. The van der Waals surface area contributed by atoms with E-state index in [0.717, 1.165) is 45.3 Å². The van der Waals surface area contributed by atoms with Crippen LogP contribution in [0.5, 0.6) is 11.5 Å². The van der Waals surface area contributed by atoms with Gasteiger partial charge in [0.2, 0.25) is 0 Å². The molecule has 2 heterocycles. The van der Waals surface area contributed by atoms with Crippen molar-refractivity contribution >= 4 is 11.8 Å². The fraction of sp³-hybridized carbons (Fsp3) is 0.636. The van der Waals surface area contributed by atoms with Crippen molar-refractivity contribution in [2.45, 2.75) is 58.4 Å². The van der Waals surface area contributed by atoms with Gasteiger partial charge in [-0.15, -0.1) is 0 Å². The number of nitrogens with zero attached hydrogens (tertiary/aromatic N) is 2. The van der Waals surface area contributed by atoms with Crippen molar-refractivity contribution < 1.29 is 19.1 Å². The Morgan fingerprint density at radius 1 is 1.00 bits per heavy atom. The summed E-state index contributed by atoms with van der Waals surface area (Å²) >= 11 is 0. The Balaban J connectivity index is 1.68. The number of piperidine rings is 2. The van der Waals surface area contributed by atoms with Crippen LogP contribution in [0.25, 0.3) is 0 Å². The topological polar surface area (TPSA) is 59.1 Å². The molecule has 3 rings (SSSR count). The predicted molar refractivity (Wildman–Crippen MR) is 108 cm³/mol. The van der Waals surface area contributed by atoms with Crippen LogP contribution in [0.4, 0.5) is 0 Å². The molecule has 6 heteroatoms. The number of benzene rings is 1. The third kappa shape index (κ3) is 4.97. The van der Waals surface area contributed by atoms with E-state index in [4.69, 9.17) is 9.47 Å². The third-order valence-electron chi connectivity index (χ3n) is 5.61. The van der Waals surface area contributed by atoms with Crippen LogP contribution in [0.1, 0.15) is 62.7 Å². The minimum atomic E-state index is -0.00345. The largest absolute Gasteiger partial charge is 0.490 e. The first-order valence-corrected chi connectivity index (χ1v) is 10.6. The van der Waals surface area contributed by atoms with E-state index >= 15 is 0 Å². The van der Waals surface area contributed by atoms with Gasteiger partial charge in [0.25, 0.3) is 11.8 Å². The molecule has 0 aromatic heterocycles. The van der Waals surface area contributed by atoms with E-state index < -0.39 is 0 Å². The van der Waals surface area contributed by atoms with Crippen molar-refractivity contribution in [3.8, 4) is 11.5 Å². The van der Waals surface area contributed by atoms with Gasteiger partial charge in [0.05, 0.1) is 6.61 Å². The zero-order valence-electron chi connectivity index (χ0n) is 17.1. The van der Waals surface area contributed by atoms with Gasteiger partial charge in [-0.25, -0.2) is 0 Å². The molecule has 2 aliphatic rings. The second-order valence-corrected chi connectivity index (χ2v) is 7.67. The summed E-state index contributed by atoms with van der Waals surface area (Å²) in [6.45, 7) is 6.87. The number of hydrogen-bond acceptors (Lipinski definition) is 4. The second kappa shape index (κ2) is 9.80. The molecule has 0 radical (unpaired) electrons. The third-order valence-corrected chi connectivity index (χ3v) is 5.61. The first-order valence-electron chi connectivity index (χ1n) is 10.6. The summed E-state index contributed by atoms with van der Waals surface area (Å²) in [6, 6.07) is 5.52. The minimum absolute atomic E-state index is 0.00345. The lowest BCUT2D eigenvalue weighted by molar-refractivity contribution is -0.134. The Hall–Kier alpha value is -2.24. The summed E-state index contributed by atoms with van der Waals surface area (Å²) in [5, 5.41) is 0. The molecule has 154 valence electrons. The van der Waals surface area contributed by atoms with E-state index in [-0.39, 0.29) is 24.5 Å². The Morgan fingerprint density at radius 2 is 1.75 bits per heavy atom. The van der Waals surface area contributed by atoms with Gasteiger partial charge in [0, 0.05) is 31.2 Å². The molecule has 0 bridgehead atoms. The fourth-order valence-electron chi connectivity index (χ4n) is 3.97. The lowest BCUT2D eigenvalue weighted by Crippen LogP contribution is -2.42. The lowest BCUT2D eigenvalue weighted by atomic mass is 10.0. The van der Waals surface area contributed by atoms with E-state index in [1.165, 1.54) is 12.8 Å². The minimum Gasteiger partial charge on any atom is -0.490 e. The molecule has 6 nitrogen and oxygen atoms in total. The fourth-order valence-corrected chi connectivity index (χ4v) is 3.97. The zero-order chi connectivity index (χ0) is 19.9. The first-order chi connectivity index (χ1) is 13.6. The van der Waals surface area contributed by atoms with Gasteiger partial charge in [-0.3, -0.25) is 9.59 Å². The highest BCUT2D eigenvalue weighted by atomic mass is 16.5. The number of carbonyl (C=O) groups excluding carboxylic acids is 2. The quantitative estimate of drug-likeness (QED) is 0.748. The van der Waals surface area contributed by atoms with Crippen LogP contribution in [0, 0.1) is 0 Å². The number of amides is 2. The number of likely N-dealkylation sites (tertiary alicyclic amines) is 2. The molecule has 0 saturated carbocycles. The summed E-state index contributed by atoms with van der Waals surface area (Å²) in [4.78, 5) is 29.1. The van der Waals surface area contributed by atoms with Crippen molar-refractivity contribution in [1.82, 2.24) is 9.80 Å². The Labute approximate surface area is 167 Å². The van der Waals surface area contributed by atoms with Crippen LogP contribution in [-0.4, -0.2) is 60.5 Å². The van der Waals surface area contributed by atoms with Gasteiger partial charge in [-0.2, -0.15) is 0 Å². The maximum Gasteiger partial charge on any atom is 0.260 e. The van der Waals surface area contributed by atoms with Crippen LogP contribution in [0.15, 0.2) is 18.2 Å². The molecular formula is C22H32N2O4. The van der Waals surface area contributed by atoms with Gasteiger partial charge in [0.15, 0.2) is 18.1 Å². The molecule has 28 heavy (non-hydrogen) atoms. The molecule has 1 aromatic carbocycles. The van der Waals surface area contributed by atoms with Crippen molar-refractivity contribution in [2.75, 3.05) is 32.8 Å². The average Bonchev–Trinajstić information content (AvgIpc) is 2.73. The second-order valence-electron chi connectivity index (χ2n) is 7.67. The Morgan fingerprint density at radius 3 is 2.46 bits per heavy atom. The van der Waals surface area contributed by atoms with Gasteiger partial charge < -0.3 is 19.3 Å². The van der Waals surface area contributed by atoms with Gasteiger partial charge in [-0.05, 0) is 70.6 Å². The van der Waals surface area contributed by atoms with E-state index in [2.05, 4.69) is 6.92 Å². The molecule has 1 aromatic rings. The van der Waals surface area contributed by atoms with Crippen LogP contribution >= 0.6 is 0 Å². The van der Waals surface area contributed by atoms with Crippen molar-refractivity contribution in [1.29, 1.82) is 0 Å². The van der Waals surface area contributed by atoms with Gasteiger partial charge >= 0.3 is 0 Å². The van der Waals surface area contributed by atoms with Crippen LogP contribution in [0.2, 0.25) is 0 Å². The lowest BCUT2D eigenvalue weighted by Gasteiger charge is -2.33. The summed E-state index contributed by atoms with van der Waals surface area (Å²) in [5.74, 6) is 1.06. The summed E-state index contributed by atoms with van der Waals surface area (Å²) in [7, 11) is 0. The normalized spacial score (nSPS) is 20.0. The summed E-state index contributed by atoms with van der Waals surface area (Å²) in [5.41, 5.74) is 0.604. The monoisotopic (exact) mass is 388 g/mol. The molecular weight excluding hydrogens is 356 g/mol. The van der Waals surface area contributed by atoms with Gasteiger partial charge in [-0.1, -0.05) is 0 Å². The SMILES string of the molecule is CCOc1cc(C(=O)N2CCCCC2C)ccc1OCC(=O)N1CCCCC1. The number of carbonyl (C=O) groups is 2. The highest BCUT2D eigenvalue weighted by Gasteiger charge is 2.25. The molecule has 2 aliphatic heterocycles. The smallest absolute Gasteiger partial charge is 0.260 e. The molecule has 1 unspecified atom stereocenters. The van der Waals surface area contributed by atoms with E-state index in [1.807, 2.05) is 16.7 Å². The Kier molecular flexibility index (Phi) is 7.18. The average molecular weight is 389 g/mol. The Bertz CT molecular complexity index is 685. The highest BCUT2D eigenvalue weighted by molar-refractivity contribution is 5.95. The molecule has 0 N–H and O–H groups in total. The van der Waals surface area contributed by atoms with E-state index in [1.54, 1.807) is 18.2 Å². The molecule has 2 amide bonds. The maximum atomic E-state index is 12.9. The van der Waals surface area contributed by atoms with Crippen LogP contribution in [0.3, 0.4) is 0 Å². The summed E-state index contributed by atoms with van der Waals surface area (Å²) in [6.07, 6.45) is 6.57. The molecule has 1 atom stereocenters. The molecule has 0 aliphatic carbocycles. The number of rotatable bonds is 6. The van der Waals surface area contributed by atoms with Crippen LogP contribution < -0.4 is 9.47 Å². The zero-order valence-corrected chi connectivity index (χ0v) is 17.1. The highest BCUT2D eigenvalue weighted by Crippen LogP contribution is 2.30. The van der Waals surface area contributed by atoms with E-state index in [0.29, 0.717) is 23.7 Å².